The summed E-state index contributed by atoms with van der Waals surface area (Å²) in [5, 5.41) is -0.497. The first-order valence-electron chi connectivity index (χ1n) is 12.6. The van der Waals surface area contributed by atoms with Crippen LogP contribution >= 0.6 is 11.6 Å². The molecule has 0 radical (unpaired) electrons. The number of morpholine rings is 1. The monoisotopic (exact) mass is 659 g/mol. The van der Waals surface area contributed by atoms with Gasteiger partial charge in [0.25, 0.3) is 5.56 Å². The van der Waals surface area contributed by atoms with E-state index in [2.05, 4.69) is 14.7 Å². The molecule has 1 saturated heterocycles. The number of esters is 1. The zero-order valence-corrected chi connectivity index (χ0v) is 22.9. The summed E-state index contributed by atoms with van der Waals surface area (Å²) in [5.41, 5.74) is -6.31. The van der Waals surface area contributed by atoms with Crippen LogP contribution in [0.3, 0.4) is 0 Å². The van der Waals surface area contributed by atoms with E-state index in [0.717, 1.165) is 24.3 Å². The number of hydrogen-bond donors (Lipinski definition) is 0. The second-order valence-electron chi connectivity index (χ2n) is 10.0. The molecule has 2 aromatic heterocycles. The largest absolute Gasteiger partial charge is 0.491 e. The lowest BCUT2D eigenvalue weighted by Gasteiger charge is -2.39. The van der Waals surface area contributed by atoms with Crippen LogP contribution < -0.4 is 15.4 Å². The fraction of sp³-hybridized carbons (Fsp3) is 0.440. The Balaban J connectivity index is 1.67. The first-order valence-corrected chi connectivity index (χ1v) is 12.9. The number of hydrogen-bond acceptors (Lipinski definition) is 8. The second kappa shape index (κ2) is 10.7. The van der Waals surface area contributed by atoms with Crippen molar-refractivity contribution in [3.63, 3.8) is 0 Å². The number of alkyl halides is 9. The van der Waals surface area contributed by atoms with E-state index in [4.69, 9.17) is 16.3 Å². The molecule has 0 spiro atoms. The minimum absolute atomic E-state index is 0.0307. The van der Waals surface area contributed by atoms with Crippen molar-refractivity contribution in [3.05, 3.63) is 57.0 Å². The summed E-state index contributed by atoms with van der Waals surface area (Å²) >= 11 is 6.05. The molecule has 238 valence electrons. The van der Waals surface area contributed by atoms with Gasteiger partial charge in [0.2, 0.25) is 12.2 Å². The van der Waals surface area contributed by atoms with E-state index in [1.54, 1.807) is 0 Å². The molecule has 2 aliphatic heterocycles. The lowest BCUT2D eigenvalue weighted by molar-refractivity contribution is -0.241. The van der Waals surface area contributed by atoms with Crippen LogP contribution in [0.25, 0.3) is 10.9 Å². The number of carbonyl (C=O) groups is 1. The number of carbonyl (C=O) groups excluding carboxylic acids is 1. The van der Waals surface area contributed by atoms with Crippen LogP contribution in [0.4, 0.5) is 51.3 Å². The molecular formula is C25H19ClF9N5O4. The molecule has 4 heterocycles. The van der Waals surface area contributed by atoms with Gasteiger partial charge in [-0.25, -0.2) is 14.3 Å². The molecule has 3 aromatic rings. The quantitative estimate of drug-likeness (QED) is 0.278. The SMILES string of the molecule is C[C@@]1(C(F)(F)F)C(OC(=O)C(F)(F)F)n2c(nc(N3CCOCC3)cc2=O)N1Cc1ccc2nc(C(F)(F)F)cc(Cl)c2c1. The normalized spacial score (nSPS) is 21.1. The van der Waals surface area contributed by atoms with E-state index >= 15 is 0 Å². The smallest absolute Gasteiger partial charge is 0.431 e. The Morgan fingerprint density at radius 2 is 1.70 bits per heavy atom. The Bertz CT molecular complexity index is 1670. The van der Waals surface area contributed by atoms with Crippen LogP contribution in [0.15, 0.2) is 35.1 Å². The van der Waals surface area contributed by atoms with E-state index < -0.39 is 65.0 Å². The van der Waals surface area contributed by atoms with Crippen molar-refractivity contribution in [3.8, 4) is 0 Å². The summed E-state index contributed by atoms with van der Waals surface area (Å²) in [6.45, 7) is 0.386. The molecule has 19 heteroatoms. The molecule has 0 bridgehead atoms. The molecule has 9 nitrogen and oxygen atoms in total. The standard InChI is InChI=1S/C25H19ClF9N5O4/c1-22(25(33,34)35)19(44-20(42)24(30,31)32)40-18(41)10-17(38-4-6-43-7-5-38)37-21(40)39(22)11-12-2-3-15-13(8-12)14(26)9-16(36-15)23(27,28)29/h2-3,8-10,19H,4-7,11H2,1H3/t19?,22-/m0/s1. The average Bonchev–Trinajstić information content (AvgIpc) is 3.16. The maximum absolute atomic E-state index is 14.9. The van der Waals surface area contributed by atoms with Gasteiger partial charge < -0.3 is 19.3 Å². The number of halogens is 10. The van der Waals surface area contributed by atoms with Gasteiger partial charge in [0.15, 0.2) is 5.54 Å². The van der Waals surface area contributed by atoms with Crippen molar-refractivity contribution in [1.29, 1.82) is 0 Å². The topological polar surface area (TPSA) is 89.8 Å². The van der Waals surface area contributed by atoms with Gasteiger partial charge in [-0.3, -0.25) is 4.79 Å². The van der Waals surface area contributed by atoms with Gasteiger partial charge in [-0.1, -0.05) is 17.7 Å². The third-order valence-electron chi connectivity index (χ3n) is 7.25. The Labute approximate surface area is 245 Å². The Morgan fingerprint density at radius 1 is 1.05 bits per heavy atom. The highest BCUT2D eigenvalue weighted by atomic mass is 35.5. The van der Waals surface area contributed by atoms with Crippen LogP contribution in [0.1, 0.15) is 24.4 Å². The zero-order chi connectivity index (χ0) is 32.4. The number of ether oxygens (including phenoxy) is 2. The summed E-state index contributed by atoms with van der Waals surface area (Å²) < 4.78 is 134. The minimum Gasteiger partial charge on any atom is -0.431 e. The van der Waals surface area contributed by atoms with Crippen molar-refractivity contribution < 1.29 is 53.8 Å². The fourth-order valence-corrected chi connectivity index (χ4v) is 5.20. The van der Waals surface area contributed by atoms with E-state index in [-0.39, 0.29) is 53.2 Å². The summed E-state index contributed by atoms with van der Waals surface area (Å²) in [5.74, 6) is -3.85. The van der Waals surface area contributed by atoms with Crippen molar-refractivity contribution in [2.45, 2.75) is 43.8 Å². The lowest BCUT2D eigenvalue weighted by Crippen LogP contribution is -2.59. The lowest BCUT2D eigenvalue weighted by atomic mass is 9.97. The molecule has 1 fully saturated rings. The number of nitrogens with zero attached hydrogens (tertiary/aromatic N) is 5. The zero-order valence-electron chi connectivity index (χ0n) is 22.1. The number of rotatable bonds is 4. The molecule has 1 unspecified atom stereocenters. The van der Waals surface area contributed by atoms with Gasteiger partial charge in [-0.2, -0.15) is 44.5 Å². The predicted octanol–water partition coefficient (Wildman–Crippen LogP) is 5.25. The van der Waals surface area contributed by atoms with Gasteiger partial charge >= 0.3 is 24.5 Å². The molecule has 0 N–H and O–H groups in total. The Morgan fingerprint density at radius 3 is 2.30 bits per heavy atom. The van der Waals surface area contributed by atoms with Crippen LogP contribution in [0.2, 0.25) is 5.02 Å². The summed E-state index contributed by atoms with van der Waals surface area (Å²) in [7, 11) is 0. The van der Waals surface area contributed by atoms with Crippen LogP contribution in [-0.4, -0.2) is 64.7 Å². The highest BCUT2D eigenvalue weighted by molar-refractivity contribution is 6.35. The van der Waals surface area contributed by atoms with Crippen molar-refractivity contribution in [1.82, 2.24) is 14.5 Å². The molecule has 0 aliphatic carbocycles. The molecule has 5 rings (SSSR count). The van der Waals surface area contributed by atoms with Gasteiger partial charge in [0.05, 0.1) is 23.8 Å². The Kier molecular flexibility index (Phi) is 7.67. The number of aromatic nitrogens is 3. The van der Waals surface area contributed by atoms with Crippen molar-refractivity contribution in [2.24, 2.45) is 0 Å². The summed E-state index contributed by atoms with van der Waals surface area (Å²) in [6.07, 6.45) is -18.9. The second-order valence-corrected chi connectivity index (χ2v) is 10.5. The molecule has 2 aliphatic rings. The highest BCUT2D eigenvalue weighted by Crippen LogP contribution is 2.51. The predicted molar refractivity (Wildman–Crippen MR) is 135 cm³/mol. The van der Waals surface area contributed by atoms with E-state index in [0.29, 0.717) is 17.9 Å². The minimum atomic E-state index is -5.71. The number of anilines is 2. The Hall–Kier alpha value is -3.80. The van der Waals surface area contributed by atoms with Gasteiger partial charge in [-0.05, 0) is 30.7 Å². The first kappa shape index (κ1) is 31.6. The summed E-state index contributed by atoms with van der Waals surface area (Å²) in [4.78, 5) is 34.7. The van der Waals surface area contributed by atoms with E-state index in [1.165, 1.54) is 4.90 Å². The highest BCUT2D eigenvalue weighted by Gasteiger charge is 2.68. The van der Waals surface area contributed by atoms with Crippen molar-refractivity contribution in [2.75, 3.05) is 36.1 Å². The maximum Gasteiger partial charge on any atom is 0.491 e. The van der Waals surface area contributed by atoms with E-state index in [9.17, 15) is 49.1 Å². The van der Waals surface area contributed by atoms with Crippen LogP contribution in [0, 0.1) is 0 Å². The third kappa shape index (κ3) is 5.48. The van der Waals surface area contributed by atoms with E-state index in [1.807, 2.05) is 0 Å². The van der Waals surface area contributed by atoms with Crippen molar-refractivity contribution >= 4 is 40.2 Å². The molecule has 2 atom stereocenters. The first-order chi connectivity index (χ1) is 20.3. The van der Waals surface area contributed by atoms with Crippen LogP contribution in [0.5, 0.6) is 0 Å². The average molecular weight is 660 g/mol. The third-order valence-corrected chi connectivity index (χ3v) is 7.56. The molecule has 0 saturated carbocycles. The number of pyridine rings is 1. The van der Waals surface area contributed by atoms with Crippen LogP contribution in [-0.2, 0) is 27.0 Å². The summed E-state index contributed by atoms with van der Waals surface area (Å²) in [6, 6.07) is 4.68. The maximum atomic E-state index is 14.9. The molecular weight excluding hydrogens is 641 g/mol. The van der Waals surface area contributed by atoms with Gasteiger partial charge in [0, 0.05) is 31.1 Å². The molecule has 44 heavy (non-hydrogen) atoms. The number of benzene rings is 1. The molecule has 1 aromatic carbocycles. The fourth-order valence-electron chi connectivity index (χ4n) is 4.95. The molecule has 0 amide bonds. The van der Waals surface area contributed by atoms with Gasteiger partial charge in [-0.15, -0.1) is 0 Å². The number of fused-ring (bicyclic) bond motifs is 2. The van der Waals surface area contributed by atoms with Gasteiger partial charge in [0.1, 0.15) is 11.5 Å².